The molecular formula is C15H21NO. The van der Waals surface area contributed by atoms with Gasteiger partial charge in [0.25, 0.3) is 0 Å². The summed E-state index contributed by atoms with van der Waals surface area (Å²) in [5, 5.41) is 0. The normalized spacial score (nSPS) is 19.8. The summed E-state index contributed by atoms with van der Waals surface area (Å²) in [4.78, 5) is 17.0. The van der Waals surface area contributed by atoms with Crippen molar-refractivity contribution >= 4 is 5.78 Å². The molecule has 0 radical (unpaired) electrons. The maximum atomic E-state index is 12.6. The molecule has 1 aromatic heterocycles. The second kappa shape index (κ2) is 4.59. The molecule has 92 valence electrons. The van der Waals surface area contributed by atoms with Gasteiger partial charge in [0.2, 0.25) is 0 Å². The van der Waals surface area contributed by atoms with Gasteiger partial charge in [-0.3, -0.25) is 9.78 Å². The first kappa shape index (κ1) is 12.3. The third-order valence-electron chi connectivity index (χ3n) is 4.06. The van der Waals surface area contributed by atoms with Crippen molar-refractivity contribution in [2.24, 2.45) is 5.41 Å². The molecule has 0 spiro atoms. The molecule has 1 aliphatic carbocycles. The van der Waals surface area contributed by atoms with Crippen LogP contribution in [0, 0.1) is 5.41 Å². The van der Waals surface area contributed by atoms with Crippen LogP contribution in [-0.2, 0) is 11.2 Å². The summed E-state index contributed by atoms with van der Waals surface area (Å²) >= 11 is 0. The Bertz CT molecular complexity index is 423. The van der Waals surface area contributed by atoms with Crippen LogP contribution in [0.5, 0.6) is 0 Å². The molecule has 0 N–H and O–H groups in total. The molecule has 0 bridgehead atoms. The smallest absolute Gasteiger partial charge is 0.147 e. The average Bonchev–Trinajstić information content (AvgIpc) is 2.37. The summed E-state index contributed by atoms with van der Waals surface area (Å²) < 4.78 is 0. The maximum Gasteiger partial charge on any atom is 0.147 e. The minimum atomic E-state index is -0.225. The fraction of sp³-hybridized carbons (Fsp3) is 0.600. The monoisotopic (exact) mass is 231 g/mol. The fourth-order valence-electron chi connectivity index (χ4n) is 2.51. The molecule has 0 saturated heterocycles. The number of aromatic nitrogens is 1. The molecular weight excluding hydrogens is 210 g/mol. The molecule has 0 aromatic carbocycles. The number of hydrogen-bond acceptors (Lipinski definition) is 2. The highest BCUT2D eigenvalue weighted by Gasteiger charge is 2.35. The summed E-state index contributed by atoms with van der Waals surface area (Å²) in [6, 6.07) is 4.08. The van der Waals surface area contributed by atoms with Gasteiger partial charge in [-0.25, -0.2) is 0 Å². The molecule has 0 aliphatic heterocycles. The van der Waals surface area contributed by atoms with Gasteiger partial charge in [-0.2, -0.15) is 0 Å². The van der Waals surface area contributed by atoms with Gasteiger partial charge in [0, 0.05) is 11.6 Å². The Morgan fingerprint density at radius 3 is 3.00 bits per heavy atom. The van der Waals surface area contributed by atoms with E-state index in [4.69, 9.17) is 0 Å². The van der Waals surface area contributed by atoms with Crippen molar-refractivity contribution in [2.75, 3.05) is 0 Å². The Kier molecular flexibility index (Phi) is 3.32. The van der Waals surface area contributed by atoms with E-state index in [0.29, 0.717) is 5.78 Å². The largest absolute Gasteiger partial charge is 0.298 e. The molecule has 2 nitrogen and oxygen atoms in total. The van der Waals surface area contributed by atoms with Crippen molar-refractivity contribution < 1.29 is 4.79 Å². The Balaban J connectivity index is 2.33. The third kappa shape index (κ3) is 2.26. The molecule has 0 fully saturated rings. The molecule has 17 heavy (non-hydrogen) atoms. The van der Waals surface area contributed by atoms with Gasteiger partial charge in [0.1, 0.15) is 5.78 Å². The lowest BCUT2D eigenvalue weighted by Gasteiger charge is -2.30. The molecule has 2 rings (SSSR count). The molecule has 2 heteroatoms. The molecule has 1 heterocycles. The number of ketones is 1. The Labute approximate surface area is 103 Å². The summed E-state index contributed by atoms with van der Waals surface area (Å²) in [6.45, 7) is 6.18. The van der Waals surface area contributed by atoms with Crippen LogP contribution in [0.4, 0.5) is 0 Å². The van der Waals surface area contributed by atoms with Gasteiger partial charge in [-0.15, -0.1) is 0 Å². The predicted octanol–water partition coefficient (Wildman–Crippen LogP) is 3.51. The molecule has 1 aromatic rings. The average molecular weight is 231 g/mol. The first-order chi connectivity index (χ1) is 8.06. The second-order valence-electron chi connectivity index (χ2n) is 5.59. The molecule has 1 unspecified atom stereocenters. The van der Waals surface area contributed by atoms with Crippen molar-refractivity contribution in [3.63, 3.8) is 0 Å². The fourth-order valence-corrected chi connectivity index (χ4v) is 2.51. The van der Waals surface area contributed by atoms with Gasteiger partial charge in [-0.1, -0.05) is 26.8 Å². The number of pyridine rings is 1. The lowest BCUT2D eigenvalue weighted by molar-refractivity contribution is -0.129. The third-order valence-corrected chi connectivity index (χ3v) is 4.06. The lowest BCUT2D eigenvalue weighted by Crippen LogP contribution is -2.31. The zero-order valence-electron chi connectivity index (χ0n) is 11.0. The van der Waals surface area contributed by atoms with Gasteiger partial charge in [-0.05, 0) is 37.3 Å². The van der Waals surface area contributed by atoms with Gasteiger partial charge in [0.05, 0.1) is 11.6 Å². The van der Waals surface area contributed by atoms with Crippen molar-refractivity contribution in [3.05, 3.63) is 29.6 Å². The van der Waals surface area contributed by atoms with Crippen LogP contribution in [0.15, 0.2) is 18.3 Å². The number of aryl methyl sites for hydroxylation is 1. The van der Waals surface area contributed by atoms with E-state index in [9.17, 15) is 4.79 Å². The summed E-state index contributed by atoms with van der Waals surface area (Å²) in [5.74, 6) is 0.384. The first-order valence-corrected chi connectivity index (χ1v) is 6.54. The highest BCUT2D eigenvalue weighted by Crippen LogP contribution is 2.37. The topological polar surface area (TPSA) is 30.0 Å². The van der Waals surface area contributed by atoms with Gasteiger partial charge in [0.15, 0.2) is 0 Å². The number of fused-ring (bicyclic) bond motifs is 1. The van der Waals surface area contributed by atoms with E-state index in [-0.39, 0.29) is 11.3 Å². The Hall–Kier alpha value is -1.18. The van der Waals surface area contributed by atoms with E-state index in [0.717, 1.165) is 31.4 Å². The maximum absolute atomic E-state index is 12.6. The van der Waals surface area contributed by atoms with Crippen molar-refractivity contribution in [1.29, 1.82) is 0 Å². The minimum absolute atomic E-state index is 0.0231. The van der Waals surface area contributed by atoms with Crippen LogP contribution < -0.4 is 0 Å². The summed E-state index contributed by atoms with van der Waals surface area (Å²) in [6.07, 6.45) is 5.84. The number of nitrogens with zero attached hydrogens (tertiary/aromatic N) is 1. The van der Waals surface area contributed by atoms with Gasteiger partial charge >= 0.3 is 0 Å². The highest BCUT2D eigenvalue weighted by molar-refractivity contribution is 5.90. The number of carbonyl (C=O) groups is 1. The SMILES string of the molecule is CCC(C)(C)C(=O)C1CCCc2cccnc21. The molecule has 1 atom stereocenters. The van der Waals surface area contributed by atoms with Crippen LogP contribution in [0.1, 0.15) is 57.2 Å². The molecule has 0 amide bonds. The number of hydrogen-bond donors (Lipinski definition) is 0. The summed E-state index contributed by atoms with van der Waals surface area (Å²) in [7, 11) is 0. The van der Waals surface area contributed by atoms with Gasteiger partial charge < -0.3 is 0 Å². The zero-order chi connectivity index (χ0) is 12.5. The van der Waals surface area contributed by atoms with Crippen LogP contribution in [0.2, 0.25) is 0 Å². The van der Waals surface area contributed by atoms with E-state index < -0.39 is 0 Å². The molecule has 1 aliphatic rings. The Morgan fingerprint density at radius 2 is 2.29 bits per heavy atom. The predicted molar refractivity (Wildman–Crippen MR) is 69.0 cm³/mol. The summed E-state index contributed by atoms with van der Waals surface area (Å²) in [5.41, 5.74) is 2.07. The van der Waals surface area contributed by atoms with Crippen molar-refractivity contribution in [2.45, 2.75) is 52.4 Å². The van der Waals surface area contributed by atoms with Crippen LogP contribution in [0.3, 0.4) is 0 Å². The standard InChI is InChI=1S/C15H21NO/c1-4-15(2,3)14(17)12-9-5-7-11-8-6-10-16-13(11)12/h6,8,10,12H,4-5,7,9H2,1-3H3. The van der Waals surface area contributed by atoms with E-state index in [1.807, 2.05) is 26.1 Å². The highest BCUT2D eigenvalue weighted by atomic mass is 16.1. The van der Waals surface area contributed by atoms with E-state index >= 15 is 0 Å². The number of Topliss-reactive ketones (excluding diaryl/α,β-unsaturated/α-hetero) is 1. The number of carbonyl (C=O) groups excluding carboxylic acids is 1. The molecule has 0 saturated carbocycles. The van der Waals surface area contributed by atoms with Crippen LogP contribution in [-0.4, -0.2) is 10.8 Å². The van der Waals surface area contributed by atoms with Crippen LogP contribution in [0.25, 0.3) is 0 Å². The van der Waals surface area contributed by atoms with Crippen molar-refractivity contribution in [3.8, 4) is 0 Å². The van der Waals surface area contributed by atoms with E-state index in [2.05, 4.69) is 18.0 Å². The zero-order valence-corrected chi connectivity index (χ0v) is 11.0. The van der Waals surface area contributed by atoms with E-state index in [1.54, 1.807) is 0 Å². The van der Waals surface area contributed by atoms with Crippen molar-refractivity contribution in [1.82, 2.24) is 4.98 Å². The quantitative estimate of drug-likeness (QED) is 0.796. The minimum Gasteiger partial charge on any atom is -0.298 e. The second-order valence-corrected chi connectivity index (χ2v) is 5.59. The number of rotatable bonds is 3. The lowest BCUT2D eigenvalue weighted by atomic mass is 9.73. The first-order valence-electron chi connectivity index (χ1n) is 6.54. The van der Waals surface area contributed by atoms with Crippen LogP contribution >= 0.6 is 0 Å². The Morgan fingerprint density at radius 1 is 1.53 bits per heavy atom. The van der Waals surface area contributed by atoms with E-state index in [1.165, 1.54) is 5.56 Å².